The van der Waals surface area contributed by atoms with Crippen LogP contribution in [0.2, 0.25) is 0 Å². The minimum Gasteiger partial charge on any atom is -0.455 e. The van der Waals surface area contributed by atoms with Crippen LogP contribution in [-0.4, -0.2) is 4.57 Å². The second-order valence-electron chi connectivity index (χ2n) is 11.6. The maximum absolute atomic E-state index is 6.56. The maximum atomic E-state index is 6.56. The van der Waals surface area contributed by atoms with Crippen LogP contribution in [0.5, 0.6) is 0 Å². The van der Waals surface area contributed by atoms with E-state index in [1.165, 1.54) is 59.0 Å². The van der Waals surface area contributed by atoms with Crippen molar-refractivity contribution in [1.29, 1.82) is 0 Å². The van der Waals surface area contributed by atoms with Gasteiger partial charge in [-0.1, -0.05) is 91.7 Å². The second-order valence-corrected chi connectivity index (χ2v) is 11.6. The molecule has 5 aromatic carbocycles. The maximum Gasteiger partial charge on any atom is 0.298 e. The number of nitrogens with zero attached hydrogens (tertiary/aromatic N) is 2. The lowest BCUT2D eigenvalue weighted by molar-refractivity contribution is -0.633. The fourth-order valence-corrected chi connectivity index (χ4v) is 7.03. The first-order valence-electron chi connectivity index (χ1n) is 14.8. The minimum absolute atomic E-state index is 0.743. The topological polar surface area (TPSA) is 21.9 Å². The predicted octanol–water partition coefficient (Wildman–Crippen LogP) is 9.65. The van der Waals surface area contributed by atoms with Gasteiger partial charge in [0.25, 0.3) is 5.82 Å². The molecule has 0 atom stereocenters. The van der Waals surface area contributed by atoms with E-state index in [1.54, 1.807) is 0 Å². The molecule has 0 saturated heterocycles. The largest absolute Gasteiger partial charge is 0.455 e. The zero-order chi connectivity index (χ0) is 27.5. The van der Waals surface area contributed by atoms with Gasteiger partial charge in [0.1, 0.15) is 16.8 Å². The van der Waals surface area contributed by atoms with Crippen molar-refractivity contribution in [3.05, 3.63) is 120 Å². The van der Waals surface area contributed by atoms with E-state index in [-0.39, 0.29) is 0 Å². The van der Waals surface area contributed by atoms with Gasteiger partial charge in [-0.25, -0.2) is 4.57 Å². The molecule has 0 aliphatic heterocycles. The number of hydrogen-bond donors (Lipinski definition) is 0. The van der Waals surface area contributed by atoms with Crippen molar-refractivity contribution in [1.82, 2.24) is 4.57 Å². The van der Waals surface area contributed by atoms with Crippen molar-refractivity contribution in [3.8, 4) is 28.2 Å². The Kier molecular flexibility index (Phi) is 5.60. The summed E-state index contributed by atoms with van der Waals surface area (Å²) in [7, 11) is 2.16. The monoisotopic (exact) mass is 533 g/mol. The summed E-state index contributed by atoms with van der Waals surface area (Å²) < 4.78 is 11.2. The Morgan fingerprint density at radius 2 is 1.39 bits per heavy atom. The zero-order valence-corrected chi connectivity index (χ0v) is 23.6. The first kappa shape index (κ1) is 24.2. The van der Waals surface area contributed by atoms with Crippen LogP contribution >= 0.6 is 0 Å². The molecule has 200 valence electrons. The Morgan fingerprint density at radius 3 is 2.17 bits per heavy atom. The van der Waals surface area contributed by atoms with Gasteiger partial charge in [0.2, 0.25) is 0 Å². The number of aromatic nitrogens is 2. The number of para-hydroxylation sites is 3. The Hall–Kier alpha value is -4.63. The molecule has 0 N–H and O–H groups in total. The van der Waals surface area contributed by atoms with E-state index >= 15 is 0 Å². The summed E-state index contributed by atoms with van der Waals surface area (Å²) in [5.41, 5.74) is 11.7. The quantitative estimate of drug-likeness (QED) is 0.206. The van der Waals surface area contributed by atoms with Gasteiger partial charge < -0.3 is 4.42 Å². The van der Waals surface area contributed by atoms with Gasteiger partial charge in [-0.2, -0.15) is 4.57 Å². The summed E-state index contributed by atoms with van der Waals surface area (Å²) in [6.07, 6.45) is 5.40. The van der Waals surface area contributed by atoms with Gasteiger partial charge in [-0.15, -0.1) is 0 Å². The normalized spacial score (nSPS) is 14.1. The van der Waals surface area contributed by atoms with Crippen LogP contribution in [-0.2, 0) is 7.05 Å². The molecule has 1 fully saturated rings. The number of aryl methyl sites for hydroxylation is 2. The van der Waals surface area contributed by atoms with Crippen LogP contribution in [0.1, 0.15) is 42.7 Å². The number of benzene rings is 5. The predicted molar refractivity (Wildman–Crippen MR) is 169 cm³/mol. The second kappa shape index (κ2) is 9.49. The third-order valence-corrected chi connectivity index (χ3v) is 9.19. The summed E-state index contributed by atoms with van der Waals surface area (Å²) in [6, 6.07) is 39.7. The van der Waals surface area contributed by atoms with Crippen LogP contribution < -0.4 is 4.57 Å². The highest BCUT2D eigenvalue weighted by Gasteiger charge is 2.30. The number of furan rings is 1. The summed E-state index contributed by atoms with van der Waals surface area (Å²) >= 11 is 0. The van der Waals surface area contributed by atoms with Crippen molar-refractivity contribution >= 4 is 33.0 Å². The Balaban J connectivity index is 1.29. The number of rotatable bonds is 4. The molecule has 7 aromatic rings. The van der Waals surface area contributed by atoms with Crippen molar-refractivity contribution < 1.29 is 8.98 Å². The SMILES string of the molecule is Cc1ccc2c(oc3ccccc32)c1-c1n(-c2ccc(-c3ccc(C4CCCC4)cc3)cc2)c2ccccc2[n+]1C. The number of hydrogen-bond acceptors (Lipinski definition) is 1. The van der Waals surface area contributed by atoms with E-state index in [1.807, 2.05) is 6.07 Å². The smallest absolute Gasteiger partial charge is 0.298 e. The molecule has 0 radical (unpaired) electrons. The average Bonchev–Trinajstić information content (AvgIpc) is 3.75. The van der Waals surface area contributed by atoms with E-state index in [0.717, 1.165) is 44.9 Å². The van der Waals surface area contributed by atoms with Crippen LogP contribution in [0.4, 0.5) is 0 Å². The Morgan fingerprint density at radius 1 is 0.707 bits per heavy atom. The van der Waals surface area contributed by atoms with Crippen molar-refractivity contribution in [2.24, 2.45) is 7.05 Å². The van der Waals surface area contributed by atoms with E-state index in [2.05, 4.69) is 126 Å². The first-order valence-corrected chi connectivity index (χ1v) is 14.8. The number of fused-ring (bicyclic) bond motifs is 4. The molecule has 1 aliphatic rings. The fourth-order valence-electron chi connectivity index (χ4n) is 7.03. The van der Waals surface area contributed by atoms with Crippen LogP contribution in [0.25, 0.3) is 61.2 Å². The third-order valence-electron chi connectivity index (χ3n) is 9.19. The standard InChI is InChI=1S/C38H33N2O/c1-25-15-24-32-31-11-5-8-14-35(31)41-37(32)36(25)38-39(2)33-12-6-7-13-34(33)40(38)30-22-20-29(21-23-30)28-18-16-27(17-19-28)26-9-3-4-10-26/h5-8,11-24,26H,3-4,9-10H2,1-2H3/q+1. The summed E-state index contributed by atoms with van der Waals surface area (Å²) in [5.74, 6) is 1.86. The van der Waals surface area contributed by atoms with Crippen LogP contribution in [0.15, 0.2) is 114 Å². The van der Waals surface area contributed by atoms with Crippen molar-refractivity contribution in [2.75, 3.05) is 0 Å². The third kappa shape index (κ3) is 3.83. The highest BCUT2D eigenvalue weighted by Crippen LogP contribution is 2.39. The molecule has 0 spiro atoms. The molecule has 8 rings (SSSR count). The van der Waals surface area contributed by atoms with Gasteiger partial charge in [0.05, 0.1) is 7.05 Å². The molecule has 0 bridgehead atoms. The van der Waals surface area contributed by atoms with Gasteiger partial charge in [0.15, 0.2) is 16.6 Å². The lowest BCUT2D eigenvalue weighted by atomic mass is 9.95. The van der Waals surface area contributed by atoms with Gasteiger partial charge in [0, 0.05) is 10.8 Å². The summed E-state index contributed by atoms with van der Waals surface area (Å²) in [5, 5.41) is 2.30. The minimum atomic E-state index is 0.743. The molecule has 3 nitrogen and oxygen atoms in total. The molecule has 2 aromatic heterocycles. The number of imidazole rings is 1. The molecular weight excluding hydrogens is 500 g/mol. The first-order chi connectivity index (χ1) is 20.2. The molecule has 0 unspecified atom stereocenters. The molecule has 1 aliphatic carbocycles. The highest BCUT2D eigenvalue weighted by atomic mass is 16.3. The lowest BCUT2D eigenvalue weighted by Gasteiger charge is -2.11. The summed E-state index contributed by atoms with van der Waals surface area (Å²) in [4.78, 5) is 0. The van der Waals surface area contributed by atoms with E-state index in [4.69, 9.17) is 4.42 Å². The van der Waals surface area contributed by atoms with E-state index in [9.17, 15) is 0 Å². The molecule has 0 amide bonds. The summed E-state index contributed by atoms with van der Waals surface area (Å²) in [6.45, 7) is 2.18. The van der Waals surface area contributed by atoms with Gasteiger partial charge in [-0.05, 0) is 78.3 Å². The molecule has 2 heterocycles. The average molecular weight is 534 g/mol. The van der Waals surface area contributed by atoms with Gasteiger partial charge >= 0.3 is 0 Å². The molecule has 3 heteroatoms. The zero-order valence-electron chi connectivity index (χ0n) is 23.6. The Labute approximate surface area is 240 Å². The molecule has 41 heavy (non-hydrogen) atoms. The van der Waals surface area contributed by atoms with E-state index in [0.29, 0.717) is 0 Å². The van der Waals surface area contributed by atoms with Crippen LogP contribution in [0.3, 0.4) is 0 Å². The Bertz CT molecular complexity index is 2050. The molecule has 1 saturated carbocycles. The van der Waals surface area contributed by atoms with Gasteiger partial charge in [-0.3, -0.25) is 0 Å². The van der Waals surface area contributed by atoms with E-state index < -0.39 is 0 Å². The van der Waals surface area contributed by atoms with Crippen molar-refractivity contribution in [3.63, 3.8) is 0 Å². The highest BCUT2D eigenvalue weighted by molar-refractivity contribution is 6.09. The van der Waals surface area contributed by atoms with Crippen molar-refractivity contribution in [2.45, 2.75) is 38.5 Å². The lowest BCUT2D eigenvalue weighted by Crippen LogP contribution is -2.30. The fraction of sp³-hybridized carbons (Fsp3) is 0.184. The van der Waals surface area contributed by atoms with Crippen LogP contribution in [0, 0.1) is 6.92 Å². The molecular formula is C38H33N2O+.